The summed E-state index contributed by atoms with van der Waals surface area (Å²) in [7, 11) is 3.28. The molecule has 45 heavy (non-hydrogen) atoms. The van der Waals surface area contributed by atoms with Gasteiger partial charge in [-0.1, -0.05) is 25.0 Å². The summed E-state index contributed by atoms with van der Waals surface area (Å²) in [6, 6.07) is 11.8. The molecule has 4 rings (SSSR count). The molecule has 12 heteroatoms. The summed E-state index contributed by atoms with van der Waals surface area (Å²) in [4.78, 5) is 31.4. The predicted molar refractivity (Wildman–Crippen MR) is 172 cm³/mol. The molecule has 0 radical (unpaired) electrons. The lowest BCUT2D eigenvalue weighted by Crippen LogP contribution is -2.33. The van der Waals surface area contributed by atoms with Crippen molar-refractivity contribution in [1.82, 2.24) is 20.5 Å². The number of ether oxygens (including phenoxy) is 5. The molecule has 0 atom stereocenters. The predicted octanol–water partition coefficient (Wildman–Crippen LogP) is 5.91. The summed E-state index contributed by atoms with van der Waals surface area (Å²) in [6.07, 6.45) is 3.21. The van der Waals surface area contributed by atoms with Crippen LogP contribution < -0.4 is 29.6 Å². The van der Waals surface area contributed by atoms with Crippen molar-refractivity contribution in [2.24, 2.45) is 0 Å². The van der Waals surface area contributed by atoms with Gasteiger partial charge < -0.3 is 34.3 Å². The quantitative estimate of drug-likeness (QED) is 0.184. The van der Waals surface area contributed by atoms with E-state index >= 15 is 0 Å². The Kier molecular flexibility index (Phi) is 12.3. The van der Waals surface area contributed by atoms with Crippen LogP contribution in [0.25, 0.3) is 0 Å². The number of methoxy groups -OCH3 is 2. The lowest BCUT2D eigenvalue weighted by Gasteiger charge is -2.23. The third kappa shape index (κ3) is 10.8. The highest BCUT2D eigenvalue weighted by Gasteiger charge is 2.19. The van der Waals surface area contributed by atoms with E-state index in [2.05, 4.69) is 20.5 Å². The highest BCUT2D eigenvalue weighted by molar-refractivity contribution is 7.09. The van der Waals surface area contributed by atoms with Gasteiger partial charge in [-0.2, -0.15) is 0 Å². The fourth-order valence-corrected chi connectivity index (χ4v) is 5.58. The van der Waals surface area contributed by atoms with Gasteiger partial charge in [-0.15, -0.1) is 11.3 Å². The maximum Gasteiger partial charge on any atom is 0.407 e. The van der Waals surface area contributed by atoms with E-state index in [1.54, 1.807) is 19.6 Å². The summed E-state index contributed by atoms with van der Waals surface area (Å²) in [5, 5.41) is 8.39. The molecule has 0 spiro atoms. The molecule has 0 bridgehead atoms. The van der Waals surface area contributed by atoms with Crippen LogP contribution in [0.4, 0.5) is 4.79 Å². The molecule has 1 aliphatic rings. The van der Waals surface area contributed by atoms with Gasteiger partial charge >= 0.3 is 6.09 Å². The zero-order valence-corrected chi connectivity index (χ0v) is 27.6. The van der Waals surface area contributed by atoms with Crippen molar-refractivity contribution < 1.29 is 33.3 Å². The molecule has 2 amide bonds. The summed E-state index contributed by atoms with van der Waals surface area (Å²) in [6.45, 7) is 8.64. The van der Waals surface area contributed by atoms with Crippen LogP contribution in [-0.4, -0.2) is 61.6 Å². The molecule has 0 fully saturated rings. The van der Waals surface area contributed by atoms with E-state index in [0.29, 0.717) is 38.4 Å². The summed E-state index contributed by atoms with van der Waals surface area (Å²) in [5.74, 6) is 2.77. The van der Waals surface area contributed by atoms with Crippen molar-refractivity contribution in [2.45, 2.75) is 71.7 Å². The average Bonchev–Trinajstić information content (AvgIpc) is 3.67. The van der Waals surface area contributed by atoms with E-state index < -0.39 is 11.7 Å². The van der Waals surface area contributed by atoms with Gasteiger partial charge in [0.1, 0.15) is 27.8 Å². The molecule has 244 valence electrons. The van der Waals surface area contributed by atoms with Crippen molar-refractivity contribution in [3.63, 3.8) is 0 Å². The second kappa shape index (κ2) is 16.3. The van der Waals surface area contributed by atoms with Gasteiger partial charge in [-0.3, -0.25) is 9.69 Å². The number of carbonyl (C=O) groups is 2. The van der Waals surface area contributed by atoms with E-state index in [0.717, 1.165) is 64.8 Å². The molecule has 2 aromatic carbocycles. The van der Waals surface area contributed by atoms with Crippen molar-refractivity contribution in [1.29, 1.82) is 0 Å². The van der Waals surface area contributed by atoms with E-state index in [-0.39, 0.29) is 12.7 Å². The molecule has 11 nitrogen and oxygen atoms in total. The van der Waals surface area contributed by atoms with Crippen molar-refractivity contribution >= 4 is 23.3 Å². The van der Waals surface area contributed by atoms with Gasteiger partial charge in [0.05, 0.1) is 20.8 Å². The third-order valence-electron chi connectivity index (χ3n) is 6.93. The number of unbranched alkanes of at least 4 members (excludes halogenated alkanes) is 3. The smallest absolute Gasteiger partial charge is 0.407 e. The Morgan fingerprint density at radius 1 is 0.911 bits per heavy atom. The number of hydrogen-bond donors (Lipinski definition) is 2. The van der Waals surface area contributed by atoms with Gasteiger partial charge in [0.25, 0.3) is 5.91 Å². The SMILES string of the molecule is COc1ccc(CN(Cc2ccc3c(c2)OCO3)Cc2nc(C(=O)NCCCCCCNC(=O)OC(C)(C)C)cs2)c(OC)c1. The van der Waals surface area contributed by atoms with Gasteiger partial charge in [-0.25, -0.2) is 9.78 Å². The number of nitrogens with one attached hydrogen (secondary N) is 2. The van der Waals surface area contributed by atoms with Gasteiger partial charge in [0, 0.05) is 43.2 Å². The second-order valence-corrected chi connectivity index (χ2v) is 12.7. The Morgan fingerprint density at radius 3 is 2.40 bits per heavy atom. The molecule has 2 heterocycles. The Balaban J connectivity index is 1.28. The minimum Gasteiger partial charge on any atom is -0.497 e. The molecule has 1 aliphatic heterocycles. The topological polar surface area (TPSA) is 120 Å². The van der Waals surface area contributed by atoms with Crippen molar-refractivity contribution in [3.8, 4) is 23.0 Å². The maximum atomic E-state index is 12.8. The highest BCUT2D eigenvalue weighted by Crippen LogP contribution is 2.33. The van der Waals surface area contributed by atoms with Crippen LogP contribution in [0.3, 0.4) is 0 Å². The fraction of sp³-hybridized carbons (Fsp3) is 0.485. The second-order valence-electron chi connectivity index (χ2n) is 11.7. The number of rotatable bonds is 16. The minimum atomic E-state index is -0.501. The van der Waals surface area contributed by atoms with Crippen LogP contribution in [0.15, 0.2) is 41.8 Å². The Bertz CT molecular complexity index is 1420. The molecule has 2 N–H and O–H groups in total. The number of carbonyl (C=O) groups excluding carboxylic acids is 2. The first-order valence-electron chi connectivity index (χ1n) is 15.1. The monoisotopic (exact) mass is 640 g/mol. The standard InChI is InChI=1S/C33H44N4O7S/c1-33(2,3)44-32(39)35-15-9-7-6-8-14-34-31(38)26-21-45-30(36-26)20-37(18-23-10-13-27-29(16-23)43-22-42-27)19-24-11-12-25(40-4)17-28(24)41-5/h10-13,16-17,21H,6-9,14-15,18-20,22H2,1-5H3,(H,34,38)(H,35,39). The van der Waals surface area contributed by atoms with Crippen LogP contribution in [0.2, 0.25) is 0 Å². The molecule has 0 saturated heterocycles. The fourth-order valence-electron chi connectivity index (χ4n) is 4.77. The van der Waals surface area contributed by atoms with Gasteiger partial charge in [0.15, 0.2) is 11.5 Å². The van der Waals surface area contributed by atoms with Gasteiger partial charge in [0.2, 0.25) is 6.79 Å². The van der Waals surface area contributed by atoms with Crippen LogP contribution in [0.5, 0.6) is 23.0 Å². The van der Waals surface area contributed by atoms with Crippen LogP contribution in [0, 0.1) is 0 Å². The maximum absolute atomic E-state index is 12.8. The summed E-state index contributed by atoms with van der Waals surface area (Å²) >= 11 is 1.47. The lowest BCUT2D eigenvalue weighted by atomic mass is 10.1. The van der Waals surface area contributed by atoms with E-state index in [1.807, 2.05) is 57.2 Å². The number of thiazole rings is 1. The van der Waals surface area contributed by atoms with Crippen molar-refractivity contribution in [2.75, 3.05) is 34.1 Å². The molecular formula is C33H44N4O7S. The molecular weight excluding hydrogens is 596 g/mol. The highest BCUT2D eigenvalue weighted by atomic mass is 32.1. The number of hydrogen-bond acceptors (Lipinski definition) is 10. The van der Waals surface area contributed by atoms with Crippen LogP contribution >= 0.6 is 11.3 Å². The zero-order chi connectivity index (χ0) is 32.2. The largest absolute Gasteiger partial charge is 0.497 e. The third-order valence-corrected chi connectivity index (χ3v) is 7.77. The summed E-state index contributed by atoms with van der Waals surface area (Å²) < 4.78 is 27.3. The van der Waals surface area contributed by atoms with E-state index in [4.69, 9.17) is 23.7 Å². The average molecular weight is 641 g/mol. The number of fused-ring (bicyclic) bond motifs is 1. The van der Waals surface area contributed by atoms with Crippen LogP contribution in [-0.2, 0) is 24.4 Å². The minimum absolute atomic E-state index is 0.178. The lowest BCUT2D eigenvalue weighted by molar-refractivity contribution is 0.0526. The number of nitrogens with zero attached hydrogens (tertiary/aromatic N) is 2. The number of aromatic nitrogens is 1. The van der Waals surface area contributed by atoms with E-state index in [1.165, 1.54) is 11.3 Å². The Hall–Kier alpha value is -4.03. The van der Waals surface area contributed by atoms with Gasteiger partial charge in [-0.05, 0) is 57.4 Å². The summed E-state index contributed by atoms with van der Waals surface area (Å²) in [5.41, 5.74) is 2.00. The normalized spacial score (nSPS) is 12.2. The van der Waals surface area contributed by atoms with E-state index in [9.17, 15) is 9.59 Å². The Labute approximate surface area is 269 Å². The first-order valence-corrected chi connectivity index (χ1v) is 16.0. The molecule has 1 aromatic heterocycles. The number of amides is 2. The first-order chi connectivity index (χ1) is 21.6. The molecule has 0 saturated carbocycles. The number of benzene rings is 2. The van der Waals surface area contributed by atoms with Crippen LogP contribution in [0.1, 0.15) is 73.1 Å². The molecule has 0 aliphatic carbocycles. The zero-order valence-electron chi connectivity index (χ0n) is 26.8. The molecule has 3 aromatic rings. The van der Waals surface area contributed by atoms with Crippen molar-refractivity contribution in [3.05, 3.63) is 63.6 Å². The Morgan fingerprint density at radius 2 is 1.67 bits per heavy atom. The molecule has 0 unspecified atom stereocenters. The first kappa shape index (κ1) is 33.9. The number of alkyl carbamates (subject to hydrolysis) is 1.